The molecule has 0 bridgehead atoms. The Kier molecular flexibility index (Phi) is 8.35. The average Bonchev–Trinajstić information content (AvgIpc) is 2.45. The standard InChI is InChI=1S/C16H24ClN3S.HI/c1-16(2,11-13-4-3-5-14(17)10-13)12-19-15(18)20-6-8-21-9-7-20;/h3-5,10H,6-9,11-12H2,1-2H3,(H2,18,19);1H. The lowest BCUT2D eigenvalue weighted by Crippen LogP contribution is -2.43. The molecule has 3 nitrogen and oxygen atoms in total. The van der Waals surface area contributed by atoms with Crippen molar-refractivity contribution in [2.75, 3.05) is 31.1 Å². The van der Waals surface area contributed by atoms with E-state index in [4.69, 9.17) is 17.3 Å². The van der Waals surface area contributed by atoms with E-state index in [-0.39, 0.29) is 29.4 Å². The van der Waals surface area contributed by atoms with Crippen molar-refractivity contribution < 1.29 is 0 Å². The van der Waals surface area contributed by atoms with Gasteiger partial charge in [-0.15, -0.1) is 24.0 Å². The van der Waals surface area contributed by atoms with Crippen LogP contribution in [0.4, 0.5) is 0 Å². The molecule has 0 atom stereocenters. The Bertz CT molecular complexity index is 502. The van der Waals surface area contributed by atoms with Gasteiger partial charge in [-0.1, -0.05) is 37.6 Å². The Morgan fingerprint density at radius 2 is 2.05 bits per heavy atom. The molecule has 124 valence electrons. The summed E-state index contributed by atoms with van der Waals surface area (Å²) in [5.74, 6) is 2.97. The first kappa shape index (κ1) is 19.9. The molecule has 22 heavy (non-hydrogen) atoms. The molecular formula is C16H25ClIN3S. The number of aliphatic imine (C=N–C) groups is 1. The maximum Gasteiger partial charge on any atom is 0.191 e. The van der Waals surface area contributed by atoms with Gasteiger partial charge in [-0.05, 0) is 29.5 Å². The fraction of sp³-hybridized carbons (Fsp3) is 0.562. The minimum absolute atomic E-state index is 0. The molecule has 1 aromatic carbocycles. The number of rotatable bonds is 4. The summed E-state index contributed by atoms with van der Waals surface area (Å²) >= 11 is 8.02. The largest absolute Gasteiger partial charge is 0.370 e. The number of nitrogens with zero attached hydrogens (tertiary/aromatic N) is 2. The van der Waals surface area contributed by atoms with Gasteiger partial charge in [-0.3, -0.25) is 4.99 Å². The van der Waals surface area contributed by atoms with Gasteiger partial charge < -0.3 is 10.6 Å². The number of thioether (sulfide) groups is 1. The van der Waals surface area contributed by atoms with Gasteiger partial charge in [0, 0.05) is 36.2 Å². The van der Waals surface area contributed by atoms with E-state index < -0.39 is 0 Å². The van der Waals surface area contributed by atoms with E-state index in [1.165, 1.54) is 5.56 Å². The first-order chi connectivity index (χ1) is 9.96. The number of hydrogen-bond acceptors (Lipinski definition) is 2. The summed E-state index contributed by atoms with van der Waals surface area (Å²) in [5.41, 5.74) is 7.43. The van der Waals surface area contributed by atoms with Crippen LogP contribution in [0.3, 0.4) is 0 Å². The van der Waals surface area contributed by atoms with Gasteiger partial charge in [0.25, 0.3) is 0 Å². The molecule has 1 aliphatic rings. The van der Waals surface area contributed by atoms with Crippen LogP contribution in [0, 0.1) is 5.41 Å². The zero-order chi connectivity index (χ0) is 15.3. The lowest BCUT2D eigenvalue weighted by Gasteiger charge is -2.29. The molecule has 1 aromatic rings. The van der Waals surface area contributed by atoms with Gasteiger partial charge in [0.05, 0.1) is 0 Å². The molecule has 0 unspecified atom stereocenters. The normalized spacial score (nSPS) is 16.3. The second kappa shape index (κ2) is 9.23. The van der Waals surface area contributed by atoms with Crippen molar-refractivity contribution in [3.05, 3.63) is 34.9 Å². The first-order valence-electron chi connectivity index (χ1n) is 7.33. The Balaban J connectivity index is 0.00000242. The highest BCUT2D eigenvalue weighted by atomic mass is 127. The van der Waals surface area contributed by atoms with Crippen molar-refractivity contribution in [3.8, 4) is 0 Å². The maximum atomic E-state index is 6.12. The van der Waals surface area contributed by atoms with Crippen molar-refractivity contribution in [1.82, 2.24) is 4.90 Å². The van der Waals surface area contributed by atoms with Gasteiger partial charge in [-0.2, -0.15) is 11.8 Å². The predicted molar refractivity (Wildman–Crippen MR) is 110 cm³/mol. The molecule has 2 rings (SSSR count). The second-order valence-electron chi connectivity index (χ2n) is 6.24. The SMILES string of the molecule is CC(C)(CN=C(N)N1CCSCC1)Cc1cccc(Cl)c1.I. The minimum Gasteiger partial charge on any atom is -0.370 e. The van der Waals surface area contributed by atoms with Crippen LogP contribution >= 0.6 is 47.3 Å². The molecule has 1 saturated heterocycles. The fourth-order valence-electron chi connectivity index (χ4n) is 2.44. The Morgan fingerprint density at radius 1 is 1.36 bits per heavy atom. The van der Waals surface area contributed by atoms with Gasteiger partial charge in [0.1, 0.15) is 0 Å². The smallest absolute Gasteiger partial charge is 0.191 e. The van der Waals surface area contributed by atoms with E-state index >= 15 is 0 Å². The van der Waals surface area contributed by atoms with E-state index in [1.807, 2.05) is 30.0 Å². The second-order valence-corrected chi connectivity index (χ2v) is 7.91. The maximum absolute atomic E-state index is 6.12. The Hall–Kier alpha value is -0.140. The van der Waals surface area contributed by atoms with E-state index in [1.54, 1.807) is 0 Å². The van der Waals surface area contributed by atoms with E-state index in [9.17, 15) is 0 Å². The van der Waals surface area contributed by atoms with Gasteiger partial charge >= 0.3 is 0 Å². The van der Waals surface area contributed by atoms with Crippen LogP contribution in [0.15, 0.2) is 29.3 Å². The molecule has 1 fully saturated rings. The number of guanidine groups is 1. The van der Waals surface area contributed by atoms with Crippen LogP contribution in [-0.4, -0.2) is 42.0 Å². The summed E-state index contributed by atoms with van der Waals surface area (Å²) in [5, 5.41) is 0.789. The molecule has 1 heterocycles. The summed E-state index contributed by atoms with van der Waals surface area (Å²) in [4.78, 5) is 6.80. The lowest BCUT2D eigenvalue weighted by atomic mass is 9.86. The van der Waals surface area contributed by atoms with Crippen molar-refractivity contribution in [2.45, 2.75) is 20.3 Å². The molecule has 0 radical (unpaired) electrons. The van der Waals surface area contributed by atoms with Gasteiger partial charge in [-0.25, -0.2) is 0 Å². The molecule has 0 aliphatic carbocycles. The zero-order valence-electron chi connectivity index (χ0n) is 13.2. The van der Waals surface area contributed by atoms with Crippen LogP contribution < -0.4 is 5.73 Å². The number of nitrogens with two attached hydrogens (primary N) is 1. The quantitative estimate of drug-likeness (QED) is 0.427. The molecular weight excluding hydrogens is 429 g/mol. The lowest BCUT2D eigenvalue weighted by molar-refractivity contribution is 0.372. The number of hydrogen-bond donors (Lipinski definition) is 1. The van der Waals surface area contributed by atoms with Crippen LogP contribution in [-0.2, 0) is 6.42 Å². The average molecular weight is 454 g/mol. The first-order valence-corrected chi connectivity index (χ1v) is 8.87. The third-order valence-electron chi connectivity index (χ3n) is 3.58. The predicted octanol–water partition coefficient (Wildman–Crippen LogP) is 3.89. The summed E-state index contributed by atoms with van der Waals surface area (Å²) in [6.07, 6.45) is 0.945. The molecule has 6 heteroatoms. The van der Waals surface area contributed by atoms with Crippen molar-refractivity contribution in [3.63, 3.8) is 0 Å². The Labute approximate surface area is 160 Å². The highest BCUT2D eigenvalue weighted by Gasteiger charge is 2.20. The summed E-state index contributed by atoms with van der Waals surface area (Å²) < 4.78 is 0. The molecule has 0 spiro atoms. The van der Waals surface area contributed by atoms with Crippen molar-refractivity contribution >= 4 is 53.3 Å². The van der Waals surface area contributed by atoms with E-state index in [2.05, 4.69) is 29.8 Å². The van der Waals surface area contributed by atoms with E-state index in [0.717, 1.165) is 42.6 Å². The fourth-order valence-corrected chi connectivity index (χ4v) is 3.56. The van der Waals surface area contributed by atoms with E-state index in [0.29, 0.717) is 5.96 Å². The van der Waals surface area contributed by atoms with Crippen LogP contribution in [0.25, 0.3) is 0 Å². The van der Waals surface area contributed by atoms with Crippen LogP contribution in [0.1, 0.15) is 19.4 Å². The third kappa shape index (κ3) is 6.54. The zero-order valence-corrected chi connectivity index (χ0v) is 17.1. The highest BCUT2D eigenvalue weighted by molar-refractivity contribution is 14.0. The van der Waals surface area contributed by atoms with Gasteiger partial charge in [0.15, 0.2) is 5.96 Å². The molecule has 0 aromatic heterocycles. The molecule has 0 saturated carbocycles. The third-order valence-corrected chi connectivity index (χ3v) is 4.75. The Morgan fingerprint density at radius 3 is 2.68 bits per heavy atom. The molecule has 0 amide bonds. The monoisotopic (exact) mass is 453 g/mol. The summed E-state index contributed by atoms with van der Waals surface area (Å²) in [6.45, 7) is 7.19. The molecule has 1 aliphatic heterocycles. The highest BCUT2D eigenvalue weighted by Crippen LogP contribution is 2.24. The number of halogens is 2. The topological polar surface area (TPSA) is 41.6 Å². The molecule has 2 N–H and O–H groups in total. The van der Waals surface area contributed by atoms with Crippen LogP contribution in [0.5, 0.6) is 0 Å². The van der Waals surface area contributed by atoms with Crippen molar-refractivity contribution in [1.29, 1.82) is 0 Å². The number of benzene rings is 1. The summed E-state index contributed by atoms with van der Waals surface area (Å²) in [6, 6.07) is 8.04. The van der Waals surface area contributed by atoms with Crippen molar-refractivity contribution in [2.24, 2.45) is 16.1 Å². The van der Waals surface area contributed by atoms with Crippen LogP contribution in [0.2, 0.25) is 5.02 Å². The minimum atomic E-state index is 0. The van der Waals surface area contributed by atoms with Gasteiger partial charge in [0.2, 0.25) is 0 Å². The summed E-state index contributed by atoms with van der Waals surface area (Å²) in [7, 11) is 0.